The maximum atomic E-state index is 12.0. The van der Waals surface area contributed by atoms with Crippen molar-refractivity contribution in [2.75, 3.05) is 0 Å². The topological polar surface area (TPSA) is 88.5 Å². The standard InChI is InChI=1S/C14H20N2O4/c1-5-14(3,4)16-12(17)9(2)20-11-6-10(13(18)19)7-15-8-11/h6-9H,5H2,1-4H3,(H,16,17)(H,18,19). The third-order valence-electron chi connectivity index (χ3n) is 2.99. The van der Waals surface area contributed by atoms with E-state index >= 15 is 0 Å². The molecule has 0 saturated heterocycles. The Kier molecular flexibility index (Phi) is 5.07. The number of hydrogen-bond donors (Lipinski definition) is 2. The highest BCUT2D eigenvalue weighted by atomic mass is 16.5. The summed E-state index contributed by atoms with van der Waals surface area (Å²) in [4.78, 5) is 26.6. The van der Waals surface area contributed by atoms with E-state index in [1.54, 1.807) is 6.92 Å². The van der Waals surface area contributed by atoms with Gasteiger partial charge in [0.05, 0.1) is 11.8 Å². The summed E-state index contributed by atoms with van der Waals surface area (Å²) < 4.78 is 5.42. The lowest BCUT2D eigenvalue weighted by Crippen LogP contribution is -2.48. The number of amides is 1. The molecule has 0 aliphatic heterocycles. The Morgan fingerprint density at radius 2 is 2.10 bits per heavy atom. The van der Waals surface area contributed by atoms with E-state index in [0.29, 0.717) is 0 Å². The molecule has 0 saturated carbocycles. The van der Waals surface area contributed by atoms with Crippen molar-refractivity contribution in [1.82, 2.24) is 10.3 Å². The normalized spacial score (nSPS) is 12.6. The van der Waals surface area contributed by atoms with E-state index in [1.807, 2.05) is 20.8 Å². The summed E-state index contributed by atoms with van der Waals surface area (Å²) in [7, 11) is 0. The van der Waals surface area contributed by atoms with Crippen LogP contribution in [0.2, 0.25) is 0 Å². The van der Waals surface area contributed by atoms with E-state index in [-0.39, 0.29) is 22.8 Å². The van der Waals surface area contributed by atoms with Crippen LogP contribution in [0.5, 0.6) is 5.75 Å². The van der Waals surface area contributed by atoms with Gasteiger partial charge in [-0.25, -0.2) is 4.79 Å². The molecule has 1 rings (SSSR count). The highest BCUT2D eigenvalue weighted by Crippen LogP contribution is 2.14. The summed E-state index contributed by atoms with van der Waals surface area (Å²) in [6.45, 7) is 7.43. The molecule has 1 heterocycles. The number of nitrogens with one attached hydrogen (secondary N) is 1. The number of carboxylic acids is 1. The van der Waals surface area contributed by atoms with Gasteiger partial charge in [0.1, 0.15) is 5.75 Å². The first-order valence-electron chi connectivity index (χ1n) is 6.42. The Morgan fingerprint density at radius 3 is 2.65 bits per heavy atom. The molecule has 0 fully saturated rings. The van der Waals surface area contributed by atoms with Crippen LogP contribution in [0.15, 0.2) is 18.5 Å². The Balaban J connectivity index is 2.71. The lowest BCUT2D eigenvalue weighted by atomic mass is 10.0. The second-order valence-corrected chi connectivity index (χ2v) is 5.20. The first-order valence-corrected chi connectivity index (χ1v) is 6.42. The molecule has 20 heavy (non-hydrogen) atoms. The molecule has 1 unspecified atom stereocenters. The number of carbonyl (C=O) groups is 2. The number of nitrogens with zero attached hydrogens (tertiary/aromatic N) is 1. The Hall–Kier alpha value is -2.11. The van der Waals surface area contributed by atoms with Crippen LogP contribution in [-0.2, 0) is 4.79 Å². The molecule has 0 aromatic carbocycles. The zero-order chi connectivity index (χ0) is 15.3. The van der Waals surface area contributed by atoms with Crippen molar-refractivity contribution < 1.29 is 19.4 Å². The van der Waals surface area contributed by atoms with Crippen LogP contribution in [0.4, 0.5) is 0 Å². The number of aromatic carboxylic acids is 1. The van der Waals surface area contributed by atoms with Crippen LogP contribution in [0.3, 0.4) is 0 Å². The fourth-order valence-corrected chi connectivity index (χ4v) is 1.38. The highest BCUT2D eigenvalue weighted by Gasteiger charge is 2.23. The third-order valence-corrected chi connectivity index (χ3v) is 2.99. The molecular formula is C14H20N2O4. The lowest BCUT2D eigenvalue weighted by molar-refractivity contribution is -0.128. The van der Waals surface area contributed by atoms with Crippen LogP contribution in [0.25, 0.3) is 0 Å². The summed E-state index contributed by atoms with van der Waals surface area (Å²) in [6, 6.07) is 1.34. The quantitative estimate of drug-likeness (QED) is 0.830. The van der Waals surface area contributed by atoms with E-state index in [4.69, 9.17) is 9.84 Å². The first-order chi connectivity index (χ1) is 9.25. The molecule has 1 amide bonds. The van der Waals surface area contributed by atoms with Gasteiger partial charge in [0.15, 0.2) is 6.10 Å². The van der Waals surface area contributed by atoms with Gasteiger partial charge in [-0.1, -0.05) is 6.92 Å². The molecule has 6 heteroatoms. The van der Waals surface area contributed by atoms with Crippen molar-refractivity contribution in [2.24, 2.45) is 0 Å². The average Bonchev–Trinajstić information content (AvgIpc) is 2.38. The van der Waals surface area contributed by atoms with E-state index in [1.165, 1.54) is 18.5 Å². The molecule has 110 valence electrons. The SMILES string of the molecule is CCC(C)(C)NC(=O)C(C)Oc1cncc(C(=O)O)c1. The number of carboxylic acid groups (broad SMARTS) is 1. The molecule has 0 spiro atoms. The van der Waals surface area contributed by atoms with E-state index in [0.717, 1.165) is 6.42 Å². The van der Waals surface area contributed by atoms with Crippen molar-refractivity contribution in [2.45, 2.75) is 45.8 Å². The molecule has 1 aromatic heterocycles. The van der Waals surface area contributed by atoms with E-state index < -0.39 is 12.1 Å². The van der Waals surface area contributed by atoms with Gasteiger partial charge in [0, 0.05) is 11.7 Å². The first kappa shape index (κ1) is 15.9. The molecule has 1 aromatic rings. The second kappa shape index (κ2) is 6.36. The summed E-state index contributed by atoms with van der Waals surface area (Å²) in [6.07, 6.45) is 2.66. The highest BCUT2D eigenvalue weighted by molar-refractivity contribution is 5.87. The van der Waals surface area contributed by atoms with Crippen molar-refractivity contribution in [3.63, 3.8) is 0 Å². The van der Waals surface area contributed by atoms with Crippen LogP contribution >= 0.6 is 0 Å². The minimum absolute atomic E-state index is 0.0176. The lowest BCUT2D eigenvalue weighted by Gasteiger charge is -2.26. The van der Waals surface area contributed by atoms with Crippen molar-refractivity contribution in [3.05, 3.63) is 24.0 Å². The Bertz CT molecular complexity index is 500. The van der Waals surface area contributed by atoms with Gasteiger partial charge in [0.25, 0.3) is 5.91 Å². The van der Waals surface area contributed by atoms with Gasteiger partial charge >= 0.3 is 5.97 Å². The number of rotatable bonds is 6. The number of pyridine rings is 1. The minimum atomic E-state index is -1.09. The Labute approximate surface area is 118 Å². The maximum absolute atomic E-state index is 12.0. The number of carbonyl (C=O) groups excluding carboxylic acids is 1. The average molecular weight is 280 g/mol. The largest absolute Gasteiger partial charge is 0.479 e. The molecule has 0 aliphatic carbocycles. The molecular weight excluding hydrogens is 260 g/mol. The summed E-state index contributed by atoms with van der Waals surface area (Å²) >= 11 is 0. The van der Waals surface area contributed by atoms with Crippen molar-refractivity contribution >= 4 is 11.9 Å². The van der Waals surface area contributed by atoms with Crippen molar-refractivity contribution in [1.29, 1.82) is 0 Å². The van der Waals surface area contributed by atoms with Gasteiger partial charge in [-0.2, -0.15) is 0 Å². The summed E-state index contributed by atoms with van der Waals surface area (Å²) in [5.41, 5.74) is -0.292. The monoisotopic (exact) mass is 280 g/mol. The second-order valence-electron chi connectivity index (χ2n) is 5.20. The molecule has 0 aliphatic rings. The van der Waals surface area contributed by atoms with Crippen LogP contribution in [0, 0.1) is 0 Å². The Morgan fingerprint density at radius 1 is 1.45 bits per heavy atom. The predicted molar refractivity (Wildman–Crippen MR) is 73.8 cm³/mol. The van der Waals surface area contributed by atoms with Crippen LogP contribution < -0.4 is 10.1 Å². The van der Waals surface area contributed by atoms with Crippen LogP contribution in [0.1, 0.15) is 44.5 Å². The number of hydrogen-bond acceptors (Lipinski definition) is 4. The molecule has 1 atom stereocenters. The fraction of sp³-hybridized carbons (Fsp3) is 0.500. The fourth-order valence-electron chi connectivity index (χ4n) is 1.38. The molecule has 0 bridgehead atoms. The van der Waals surface area contributed by atoms with Crippen molar-refractivity contribution in [3.8, 4) is 5.75 Å². The van der Waals surface area contributed by atoms with Gasteiger partial charge < -0.3 is 15.2 Å². The smallest absolute Gasteiger partial charge is 0.337 e. The van der Waals surface area contributed by atoms with Gasteiger partial charge in [-0.05, 0) is 33.3 Å². The number of aromatic nitrogens is 1. The number of ether oxygens (including phenoxy) is 1. The summed E-state index contributed by atoms with van der Waals surface area (Å²) in [5.74, 6) is -1.09. The minimum Gasteiger partial charge on any atom is -0.479 e. The maximum Gasteiger partial charge on any atom is 0.337 e. The molecule has 6 nitrogen and oxygen atoms in total. The van der Waals surface area contributed by atoms with E-state index in [9.17, 15) is 9.59 Å². The van der Waals surface area contributed by atoms with Crippen LogP contribution in [-0.4, -0.2) is 33.6 Å². The third kappa shape index (κ3) is 4.53. The van der Waals surface area contributed by atoms with Gasteiger partial charge in [0.2, 0.25) is 0 Å². The van der Waals surface area contributed by atoms with E-state index in [2.05, 4.69) is 10.3 Å². The zero-order valence-electron chi connectivity index (χ0n) is 12.1. The molecule has 0 radical (unpaired) electrons. The van der Waals surface area contributed by atoms with Gasteiger partial charge in [-0.3, -0.25) is 9.78 Å². The predicted octanol–water partition coefficient (Wildman–Crippen LogP) is 1.85. The summed E-state index contributed by atoms with van der Waals surface area (Å²) in [5, 5.41) is 11.7. The zero-order valence-corrected chi connectivity index (χ0v) is 12.1. The van der Waals surface area contributed by atoms with Gasteiger partial charge in [-0.15, -0.1) is 0 Å². The molecule has 2 N–H and O–H groups in total.